The summed E-state index contributed by atoms with van der Waals surface area (Å²) in [5.74, 6) is 0.548. The van der Waals surface area contributed by atoms with E-state index in [2.05, 4.69) is 4.98 Å². The van der Waals surface area contributed by atoms with Crippen LogP contribution in [0.15, 0.2) is 12.3 Å². The molecule has 1 aromatic rings. The van der Waals surface area contributed by atoms with Gasteiger partial charge in [-0.1, -0.05) is 0 Å². The van der Waals surface area contributed by atoms with Gasteiger partial charge in [-0.3, -0.25) is 0 Å². The van der Waals surface area contributed by atoms with Crippen molar-refractivity contribution in [1.29, 1.82) is 0 Å². The lowest BCUT2D eigenvalue weighted by Gasteiger charge is -2.36. The van der Waals surface area contributed by atoms with Crippen molar-refractivity contribution in [2.45, 2.75) is 26.4 Å². The minimum atomic E-state index is -0.504. The number of hydrogen-bond donors (Lipinski definition) is 0. The van der Waals surface area contributed by atoms with Gasteiger partial charge in [0.1, 0.15) is 11.4 Å². The minimum Gasteiger partial charge on any atom is -0.493 e. The highest BCUT2D eigenvalue weighted by molar-refractivity contribution is 5.68. The Kier molecular flexibility index (Phi) is 4.73. The Morgan fingerprint density at radius 1 is 1.27 bits per heavy atom. The van der Waals surface area contributed by atoms with E-state index < -0.39 is 11.4 Å². The van der Waals surface area contributed by atoms with E-state index in [1.165, 1.54) is 13.2 Å². The maximum Gasteiger partial charge on any atom is 0.410 e. The van der Waals surface area contributed by atoms with Crippen LogP contribution < -0.4 is 9.64 Å². The van der Waals surface area contributed by atoms with E-state index in [1.807, 2.05) is 25.7 Å². The van der Waals surface area contributed by atoms with Gasteiger partial charge < -0.3 is 19.3 Å². The van der Waals surface area contributed by atoms with E-state index in [0.29, 0.717) is 37.7 Å². The largest absolute Gasteiger partial charge is 0.493 e. The highest BCUT2D eigenvalue weighted by atomic mass is 19.1. The molecule has 122 valence electrons. The molecule has 1 aliphatic rings. The molecule has 1 aromatic heterocycles. The van der Waals surface area contributed by atoms with Crippen molar-refractivity contribution in [2.24, 2.45) is 0 Å². The quantitative estimate of drug-likeness (QED) is 0.839. The van der Waals surface area contributed by atoms with E-state index >= 15 is 0 Å². The van der Waals surface area contributed by atoms with Crippen LogP contribution in [0.4, 0.5) is 15.0 Å². The molecule has 0 saturated carbocycles. The Bertz CT molecular complexity index is 537. The number of ether oxygens (including phenoxy) is 2. The number of aromatic nitrogens is 1. The molecule has 7 heteroatoms. The average Bonchev–Trinajstić information content (AvgIpc) is 2.45. The minimum absolute atomic E-state index is 0.314. The lowest BCUT2D eigenvalue weighted by molar-refractivity contribution is 0.0240. The lowest BCUT2D eigenvalue weighted by atomic mass is 10.2. The van der Waals surface area contributed by atoms with Crippen LogP contribution in [-0.2, 0) is 4.74 Å². The SMILES string of the molecule is COc1cc(F)cnc1N1CCN(C(=O)OC(C)(C)C)CC1. The summed E-state index contributed by atoms with van der Waals surface area (Å²) in [6, 6.07) is 1.31. The summed E-state index contributed by atoms with van der Waals surface area (Å²) >= 11 is 0. The molecule has 2 rings (SSSR count). The molecule has 0 atom stereocenters. The molecule has 6 nitrogen and oxygen atoms in total. The van der Waals surface area contributed by atoms with E-state index in [9.17, 15) is 9.18 Å². The molecular weight excluding hydrogens is 289 g/mol. The summed E-state index contributed by atoms with van der Waals surface area (Å²) in [4.78, 5) is 19.7. The van der Waals surface area contributed by atoms with Gasteiger partial charge in [0.15, 0.2) is 11.6 Å². The maximum absolute atomic E-state index is 13.2. The number of amides is 1. The summed E-state index contributed by atoms with van der Waals surface area (Å²) < 4.78 is 23.7. The van der Waals surface area contributed by atoms with E-state index in [1.54, 1.807) is 4.90 Å². The molecule has 0 aliphatic carbocycles. The molecule has 1 aliphatic heterocycles. The smallest absolute Gasteiger partial charge is 0.410 e. The predicted molar refractivity (Wildman–Crippen MR) is 80.8 cm³/mol. The third-order valence-electron chi connectivity index (χ3n) is 3.25. The van der Waals surface area contributed by atoms with E-state index in [-0.39, 0.29) is 6.09 Å². The molecule has 0 spiro atoms. The Morgan fingerprint density at radius 2 is 1.91 bits per heavy atom. The van der Waals surface area contributed by atoms with E-state index in [0.717, 1.165) is 6.20 Å². The zero-order chi connectivity index (χ0) is 16.3. The van der Waals surface area contributed by atoms with Gasteiger partial charge in [0.05, 0.1) is 13.3 Å². The number of methoxy groups -OCH3 is 1. The highest BCUT2D eigenvalue weighted by Crippen LogP contribution is 2.27. The third kappa shape index (κ3) is 3.99. The Labute approximate surface area is 129 Å². The zero-order valence-corrected chi connectivity index (χ0v) is 13.4. The van der Waals surface area contributed by atoms with Crippen molar-refractivity contribution in [2.75, 3.05) is 38.2 Å². The van der Waals surface area contributed by atoms with Gasteiger partial charge in [0.2, 0.25) is 0 Å². The van der Waals surface area contributed by atoms with Crippen LogP contribution in [0, 0.1) is 5.82 Å². The molecule has 0 bridgehead atoms. The van der Waals surface area contributed by atoms with Crippen molar-refractivity contribution in [1.82, 2.24) is 9.88 Å². The standard InChI is InChI=1S/C15H22FN3O3/c1-15(2,3)22-14(20)19-7-5-18(6-8-19)13-12(21-4)9-11(16)10-17-13/h9-10H,5-8H2,1-4H3. The summed E-state index contributed by atoms with van der Waals surface area (Å²) in [6.45, 7) is 7.76. The summed E-state index contributed by atoms with van der Waals surface area (Å²) in [6.07, 6.45) is 0.851. The van der Waals surface area contributed by atoms with Crippen LogP contribution in [-0.4, -0.2) is 54.9 Å². The van der Waals surface area contributed by atoms with Gasteiger partial charge in [-0.2, -0.15) is 0 Å². The first-order valence-corrected chi connectivity index (χ1v) is 7.22. The number of anilines is 1. The second-order valence-electron chi connectivity index (χ2n) is 6.13. The van der Waals surface area contributed by atoms with Crippen molar-refractivity contribution in [3.63, 3.8) is 0 Å². The summed E-state index contributed by atoms with van der Waals surface area (Å²) in [5.41, 5.74) is -0.504. The van der Waals surface area contributed by atoms with Gasteiger partial charge in [-0.05, 0) is 20.8 Å². The summed E-state index contributed by atoms with van der Waals surface area (Å²) in [5, 5.41) is 0. The maximum atomic E-state index is 13.2. The number of rotatable bonds is 2. The fraction of sp³-hybridized carbons (Fsp3) is 0.600. The molecular formula is C15H22FN3O3. The van der Waals surface area contributed by atoms with Crippen LogP contribution in [0.25, 0.3) is 0 Å². The molecule has 0 radical (unpaired) electrons. The fourth-order valence-electron chi connectivity index (χ4n) is 2.23. The second-order valence-corrected chi connectivity index (χ2v) is 6.13. The monoisotopic (exact) mass is 311 g/mol. The van der Waals surface area contributed by atoms with Crippen molar-refractivity contribution in [3.8, 4) is 5.75 Å². The van der Waals surface area contributed by atoms with Crippen molar-refractivity contribution >= 4 is 11.9 Å². The van der Waals surface area contributed by atoms with Crippen LogP contribution in [0.2, 0.25) is 0 Å². The number of pyridine rings is 1. The van der Waals surface area contributed by atoms with Gasteiger partial charge in [0, 0.05) is 32.2 Å². The fourth-order valence-corrected chi connectivity index (χ4v) is 2.23. The first-order chi connectivity index (χ1) is 10.3. The Balaban J connectivity index is 1.99. The second kappa shape index (κ2) is 6.37. The Hall–Kier alpha value is -2.05. The van der Waals surface area contributed by atoms with Crippen molar-refractivity contribution in [3.05, 3.63) is 18.1 Å². The number of piperazine rings is 1. The number of halogens is 1. The molecule has 2 heterocycles. The average molecular weight is 311 g/mol. The van der Waals surface area contributed by atoms with Crippen LogP contribution in [0.3, 0.4) is 0 Å². The molecule has 0 unspecified atom stereocenters. The van der Waals surface area contributed by atoms with Crippen LogP contribution >= 0.6 is 0 Å². The third-order valence-corrected chi connectivity index (χ3v) is 3.25. The molecule has 1 fully saturated rings. The molecule has 0 aromatic carbocycles. The van der Waals surface area contributed by atoms with Gasteiger partial charge >= 0.3 is 6.09 Å². The zero-order valence-electron chi connectivity index (χ0n) is 13.4. The van der Waals surface area contributed by atoms with Gasteiger partial charge in [-0.25, -0.2) is 14.2 Å². The van der Waals surface area contributed by atoms with Crippen LogP contribution in [0.5, 0.6) is 5.75 Å². The molecule has 1 saturated heterocycles. The number of hydrogen-bond acceptors (Lipinski definition) is 5. The lowest BCUT2D eigenvalue weighted by Crippen LogP contribution is -2.50. The molecule has 1 amide bonds. The van der Waals surface area contributed by atoms with Crippen LogP contribution in [0.1, 0.15) is 20.8 Å². The van der Waals surface area contributed by atoms with Gasteiger partial charge in [-0.15, -0.1) is 0 Å². The highest BCUT2D eigenvalue weighted by Gasteiger charge is 2.27. The summed E-state index contributed by atoms with van der Waals surface area (Å²) in [7, 11) is 1.48. The van der Waals surface area contributed by atoms with Gasteiger partial charge in [0.25, 0.3) is 0 Å². The van der Waals surface area contributed by atoms with E-state index in [4.69, 9.17) is 9.47 Å². The first-order valence-electron chi connectivity index (χ1n) is 7.22. The first kappa shape index (κ1) is 16.3. The molecule has 0 N–H and O–H groups in total. The topological polar surface area (TPSA) is 54.9 Å². The van der Waals surface area contributed by atoms with Crippen molar-refractivity contribution < 1.29 is 18.7 Å². The molecule has 22 heavy (non-hydrogen) atoms. The Morgan fingerprint density at radius 3 is 2.45 bits per heavy atom. The number of nitrogens with zero attached hydrogens (tertiary/aromatic N) is 3. The normalized spacial score (nSPS) is 15.7. The number of carbonyl (C=O) groups excluding carboxylic acids is 1. The predicted octanol–water partition coefficient (Wildman–Crippen LogP) is 2.29. The number of carbonyl (C=O) groups is 1.